The van der Waals surface area contributed by atoms with Crippen LogP contribution < -0.4 is 14.2 Å². The van der Waals surface area contributed by atoms with E-state index in [1.54, 1.807) is 28.4 Å². The Morgan fingerprint density at radius 1 is 1.00 bits per heavy atom. The van der Waals surface area contributed by atoms with Crippen molar-refractivity contribution >= 4 is 15.9 Å². The summed E-state index contributed by atoms with van der Waals surface area (Å²) in [6.45, 7) is 0.470. The zero-order chi connectivity index (χ0) is 12.1. The van der Waals surface area contributed by atoms with Crippen LogP contribution in [0, 0.1) is 0 Å². The Kier molecular flexibility index (Phi) is 4.89. The van der Waals surface area contributed by atoms with E-state index in [9.17, 15) is 0 Å². The molecule has 0 bridgehead atoms. The van der Waals surface area contributed by atoms with Crippen LogP contribution in [0.15, 0.2) is 10.5 Å². The molecule has 90 valence electrons. The van der Waals surface area contributed by atoms with Crippen molar-refractivity contribution in [3.8, 4) is 17.2 Å². The summed E-state index contributed by atoms with van der Waals surface area (Å²) in [5.41, 5.74) is 0.942. The summed E-state index contributed by atoms with van der Waals surface area (Å²) in [5.74, 6) is 1.79. The maximum Gasteiger partial charge on any atom is 0.204 e. The lowest BCUT2D eigenvalue weighted by atomic mass is 10.2. The van der Waals surface area contributed by atoms with E-state index in [4.69, 9.17) is 18.9 Å². The molecule has 4 nitrogen and oxygen atoms in total. The number of ether oxygens (including phenoxy) is 4. The summed E-state index contributed by atoms with van der Waals surface area (Å²) in [5, 5.41) is 0. The lowest BCUT2D eigenvalue weighted by Gasteiger charge is -2.16. The molecule has 0 amide bonds. The van der Waals surface area contributed by atoms with Crippen LogP contribution in [-0.4, -0.2) is 28.4 Å². The molecule has 0 N–H and O–H groups in total. The second-order valence-electron chi connectivity index (χ2n) is 3.05. The summed E-state index contributed by atoms with van der Waals surface area (Å²) in [6.07, 6.45) is 0. The van der Waals surface area contributed by atoms with Gasteiger partial charge in [-0.05, 0) is 27.6 Å². The Bertz CT molecular complexity index is 365. The topological polar surface area (TPSA) is 36.9 Å². The SMILES string of the molecule is COCc1cc(OC)c(OC)c(OC)c1Br. The molecule has 1 aromatic rings. The van der Waals surface area contributed by atoms with E-state index in [0.29, 0.717) is 23.9 Å². The van der Waals surface area contributed by atoms with Gasteiger partial charge in [0.1, 0.15) is 0 Å². The van der Waals surface area contributed by atoms with Gasteiger partial charge in [-0.15, -0.1) is 0 Å². The molecule has 5 heteroatoms. The number of hydrogen-bond donors (Lipinski definition) is 0. The molecular formula is C11H15BrO4. The van der Waals surface area contributed by atoms with E-state index >= 15 is 0 Å². The molecule has 0 spiro atoms. The second kappa shape index (κ2) is 5.96. The van der Waals surface area contributed by atoms with E-state index in [1.165, 1.54) is 0 Å². The second-order valence-corrected chi connectivity index (χ2v) is 3.84. The van der Waals surface area contributed by atoms with Gasteiger partial charge in [0.25, 0.3) is 0 Å². The first-order chi connectivity index (χ1) is 7.69. The minimum absolute atomic E-state index is 0.470. The van der Waals surface area contributed by atoms with Crippen LogP contribution in [0.4, 0.5) is 0 Å². The fourth-order valence-corrected chi connectivity index (χ4v) is 2.00. The number of hydrogen-bond acceptors (Lipinski definition) is 4. The standard InChI is InChI=1S/C11H15BrO4/c1-13-6-7-5-8(14-2)10(15-3)11(16-4)9(7)12/h5H,6H2,1-4H3. The molecule has 0 fully saturated rings. The fraction of sp³-hybridized carbons (Fsp3) is 0.455. The van der Waals surface area contributed by atoms with E-state index in [0.717, 1.165) is 10.0 Å². The van der Waals surface area contributed by atoms with Crippen molar-refractivity contribution in [2.45, 2.75) is 6.61 Å². The highest BCUT2D eigenvalue weighted by Gasteiger charge is 2.18. The van der Waals surface area contributed by atoms with Crippen LogP contribution in [0.5, 0.6) is 17.2 Å². The van der Waals surface area contributed by atoms with Gasteiger partial charge in [0, 0.05) is 7.11 Å². The fourth-order valence-electron chi connectivity index (χ4n) is 1.43. The molecule has 16 heavy (non-hydrogen) atoms. The zero-order valence-electron chi connectivity index (χ0n) is 9.80. The van der Waals surface area contributed by atoms with Gasteiger partial charge in [-0.25, -0.2) is 0 Å². The largest absolute Gasteiger partial charge is 0.493 e. The minimum atomic E-state index is 0.470. The van der Waals surface area contributed by atoms with Gasteiger partial charge in [0.15, 0.2) is 11.5 Å². The Morgan fingerprint density at radius 3 is 2.06 bits per heavy atom. The molecule has 0 saturated carbocycles. The van der Waals surface area contributed by atoms with Gasteiger partial charge in [-0.3, -0.25) is 0 Å². The molecule has 0 aromatic heterocycles. The van der Waals surface area contributed by atoms with Crippen LogP contribution in [0.2, 0.25) is 0 Å². The predicted octanol–water partition coefficient (Wildman–Crippen LogP) is 2.62. The van der Waals surface area contributed by atoms with Crippen molar-refractivity contribution in [1.29, 1.82) is 0 Å². The highest BCUT2D eigenvalue weighted by atomic mass is 79.9. The first-order valence-corrected chi connectivity index (χ1v) is 5.45. The summed E-state index contributed by atoms with van der Waals surface area (Å²) >= 11 is 3.46. The third kappa shape index (κ3) is 2.41. The van der Waals surface area contributed by atoms with Crippen molar-refractivity contribution in [3.05, 3.63) is 16.1 Å². The average Bonchev–Trinajstić information content (AvgIpc) is 2.31. The smallest absolute Gasteiger partial charge is 0.204 e. The maximum absolute atomic E-state index is 5.29. The van der Waals surface area contributed by atoms with Crippen molar-refractivity contribution < 1.29 is 18.9 Å². The molecule has 0 saturated heterocycles. The quantitative estimate of drug-likeness (QED) is 0.835. The Balaban J connectivity index is 3.35. The normalized spacial score (nSPS) is 10.1. The summed E-state index contributed by atoms with van der Waals surface area (Å²) in [7, 11) is 6.37. The predicted molar refractivity (Wildman–Crippen MR) is 64.5 cm³/mol. The lowest BCUT2D eigenvalue weighted by Crippen LogP contribution is -1.99. The molecule has 0 atom stereocenters. The van der Waals surface area contributed by atoms with Crippen molar-refractivity contribution in [2.75, 3.05) is 28.4 Å². The highest BCUT2D eigenvalue weighted by Crippen LogP contribution is 2.44. The minimum Gasteiger partial charge on any atom is -0.493 e. The highest BCUT2D eigenvalue weighted by molar-refractivity contribution is 9.10. The monoisotopic (exact) mass is 290 g/mol. The summed E-state index contributed by atoms with van der Waals surface area (Å²) in [4.78, 5) is 0. The molecule has 0 unspecified atom stereocenters. The van der Waals surface area contributed by atoms with E-state index in [1.807, 2.05) is 6.07 Å². The van der Waals surface area contributed by atoms with Crippen LogP contribution >= 0.6 is 15.9 Å². The number of methoxy groups -OCH3 is 4. The van der Waals surface area contributed by atoms with E-state index in [2.05, 4.69) is 15.9 Å². The Morgan fingerprint density at radius 2 is 1.62 bits per heavy atom. The van der Waals surface area contributed by atoms with Crippen LogP contribution in [-0.2, 0) is 11.3 Å². The molecule has 0 aliphatic heterocycles. The molecule has 1 aromatic carbocycles. The van der Waals surface area contributed by atoms with Crippen molar-refractivity contribution in [2.24, 2.45) is 0 Å². The van der Waals surface area contributed by atoms with Gasteiger partial charge in [-0.2, -0.15) is 0 Å². The van der Waals surface area contributed by atoms with Crippen LogP contribution in [0.3, 0.4) is 0 Å². The van der Waals surface area contributed by atoms with Crippen molar-refractivity contribution in [3.63, 3.8) is 0 Å². The first kappa shape index (κ1) is 13.1. The third-order valence-electron chi connectivity index (χ3n) is 2.14. The molecule has 0 aliphatic carbocycles. The van der Waals surface area contributed by atoms with Crippen LogP contribution in [0.1, 0.15) is 5.56 Å². The molecule has 1 rings (SSSR count). The number of rotatable bonds is 5. The van der Waals surface area contributed by atoms with Crippen LogP contribution in [0.25, 0.3) is 0 Å². The van der Waals surface area contributed by atoms with Gasteiger partial charge >= 0.3 is 0 Å². The van der Waals surface area contributed by atoms with Gasteiger partial charge < -0.3 is 18.9 Å². The van der Waals surface area contributed by atoms with Gasteiger partial charge in [0.2, 0.25) is 5.75 Å². The number of halogens is 1. The van der Waals surface area contributed by atoms with Gasteiger partial charge in [-0.1, -0.05) is 0 Å². The lowest BCUT2D eigenvalue weighted by molar-refractivity contribution is 0.183. The molecular weight excluding hydrogens is 276 g/mol. The Hall–Kier alpha value is -0.940. The van der Waals surface area contributed by atoms with Crippen molar-refractivity contribution in [1.82, 2.24) is 0 Å². The zero-order valence-corrected chi connectivity index (χ0v) is 11.4. The first-order valence-electron chi connectivity index (χ1n) is 4.65. The molecule has 0 heterocycles. The van der Waals surface area contributed by atoms with Gasteiger partial charge in [0.05, 0.1) is 32.4 Å². The number of benzene rings is 1. The summed E-state index contributed by atoms with van der Waals surface area (Å²) in [6, 6.07) is 1.86. The average molecular weight is 291 g/mol. The maximum atomic E-state index is 5.29. The van der Waals surface area contributed by atoms with E-state index < -0.39 is 0 Å². The molecule has 0 radical (unpaired) electrons. The molecule has 0 aliphatic rings. The Labute approximate surface area is 104 Å². The third-order valence-corrected chi connectivity index (χ3v) is 3.01. The summed E-state index contributed by atoms with van der Waals surface area (Å²) < 4.78 is 21.7. The van der Waals surface area contributed by atoms with E-state index in [-0.39, 0.29) is 0 Å².